The molecule has 0 spiro atoms. The first-order valence-corrected chi connectivity index (χ1v) is 7.28. The molecule has 0 saturated carbocycles. The van der Waals surface area contributed by atoms with Crippen LogP contribution in [0, 0.1) is 6.92 Å². The second-order valence-electron chi connectivity index (χ2n) is 4.58. The largest absolute Gasteiger partial charge is 0.393 e. The highest BCUT2D eigenvalue weighted by molar-refractivity contribution is 7.16. The Morgan fingerprint density at radius 3 is 3.05 bits per heavy atom. The van der Waals surface area contributed by atoms with Crippen molar-refractivity contribution in [2.45, 2.75) is 32.8 Å². The molecule has 108 valence electrons. The number of hydrogen-bond acceptors (Lipinski definition) is 5. The predicted molar refractivity (Wildman–Crippen MR) is 77.3 cm³/mol. The number of nitrogens with one attached hydrogen (secondary N) is 1. The molecule has 1 atom stereocenters. The van der Waals surface area contributed by atoms with Gasteiger partial charge in [-0.3, -0.25) is 14.0 Å². The maximum absolute atomic E-state index is 12.2. The molecule has 6 nitrogen and oxygen atoms in total. The summed E-state index contributed by atoms with van der Waals surface area (Å²) in [6.45, 7) is 4.08. The van der Waals surface area contributed by atoms with Gasteiger partial charge < -0.3 is 10.4 Å². The van der Waals surface area contributed by atoms with Crippen LogP contribution in [-0.4, -0.2) is 33.0 Å². The molecule has 0 bridgehead atoms. The first kappa shape index (κ1) is 14.7. The van der Waals surface area contributed by atoms with Crippen LogP contribution in [0.25, 0.3) is 4.96 Å². The van der Waals surface area contributed by atoms with E-state index in [1.165, 1.54) is 21.9 Å². The number of thiazole rings is 1. The molecule has 0 aromatic carbocycles. The molecule has 2 aromatic rings. The molecule has 2 N–H and O–H groups in total. The van der Waals surface area contributed by atoms with Crippen molar-refractivity contribution in [1.82, 2.24) is 14.7 Å². The van der Waals surface area contributed by atoms with Gasteiger partial charge in [0.2, 0.25) is 0 Å². The van der Waals surface area contributed by atoms with Crippen molar-refractivity contribution in [2.75, 3.05) is 6.54 Å². The van der Waals surface area contributed by atoms with Crippen LogP contribution in [0.15, 0.2) is 17.2 Å². The van der Waals surface area contributed by atoms with E-state index in [2.05, 4.69) is 10.3 Å². The molecule has 0 aliphatic heterocycles. The van der Waals surface area contributed by atoms with Crippen molar-refractivity contribution < 1.29 is 9.90 Å². The summed E-state index contributed by atoms with van der Waals surface area (Å²) < 4.78 is 1.38. The number of fused-ring (bicyclic) bond motifs is 1. The molecule has 0 saturated heterocycles. The molecule has 2 rings (SSSR count). The van der Waals surface area contributed by atoms with Crippen molar-refractivity contribution >= 4 is 22.2 Å². The zero-order chi connectivity index (χ0) is 14.7. The first-order valence-electron chi connectivity index (χ1n) is 6.47. The van der Waals surface area contributed by atoms with Crippen molar-refractivity contribution in [3.8, 4) is 0 Å². The van der Waals surface area contributed by atoms with Gasteiger partial charge in [-0.1, -0.05) is 6.92 Å². The Bertz CT molecular complexity index is 677. The quantitative estimate of drug-likeness (QED) is 0.860. The van der Waals surface area contributed by atoms with E-state index in [4.69, 9.17) is 0 Å². The second-order valence-corrected chi connectivity index (χ2v) is 5.79. The maximum Gasteiger partial charge on any atom is 0.271 e. The summed E-state index contributed by atoms with van der Waals surface area (Å²) in [5.74, 6) is -0.455. The third kappa shape index (κ3) is 3.05. The summed E-state index contributed by atoms with van der Waals surface area (Å²) in [6, 6.07) is 0. The number of hydrogen-bond donors (Lipinski definition) is 2. The topological polar surface area (TPSA) is 83.7 Å². The van der Waals surface area contributed by atoms with Crippen LogP contribution in [-0.2, 0) is 0 Å². The number of aryl methyl sites for hydroxylation is 1. The van der Waals surface area contributed by atoms with Crippen LogP contribution in [0.2, 0.25) is 0 Å². The third-order valence-electron chi connectivity index (χ3n) is 3.00. The molecule has 7 heteroatoms. The Morgan fingerprint density at radius 1 is 1.60 bits per heavy atom. The highest BCUT2D eigenvalue weighted by Crippen LogP contribution is 2.12. The molecule has 20 heavy (non-hydrogen) atoms. The van der Waals surface area contributed by atoms with Crippen LogP contribution in [0.3, 0.4) is 0 Å². The zero-order valence-corrected chi connectivity index (χ0v) is 12.2. The fourth-order valence-electron chi connectivity index (χ4n) is 1.80. The van der Waals surface area contributed by atoms with Gasteiger partial charge in [-0.05, 0) is 19.8 Å². The summed E-state index contributed by atoms with van der Waals surface area (Å²) >= 11 is 1.40. The summed E-state index contributed by atoms with van der Waals surface area (Å²) in [5.41, 5.74) is -0.348. The minimum absolute atomic E-state index is 0.0197. The van der Waals surface area contributed by atoms with E-state index < -0.39 is 12.0 Å². The lowest BCUT2D eigenvalue weighted by molar-refractivity contribution is 0.0940. The lowest BCUT2D eigenvalue weighted by Gasteiger charge is -2.08. The van der Waals surface area contributed by atoms with Crippen LogP contribution >= 0.6 is 11.3 Å². The number of nitrogens with zero attached hydrogens (tertiary/aromatic N) is 2. The van der Waals surface area contributed by atoms with E-state index in [1.54, 1.807) is 6.20 Å². The average Bonchev–Trinajstić information content (AvgIpc) is 2.80. The number of aromatic nitrogens is 2. The van der Waals surface area contributed by atoms with Gasteiger partial charge in [-0.15, -0.1) is 11.3 Å². The highest BCUT2D eigenvalue weighted by Gasteiger charge is 2.14. The van der Waals surface area contributed by atoms with Gasteiger partial charge in [-0.25, -0.2) is 4.98 Å². The van der Waals surface area contributed by atoms with E-state index >= 15 is 0 Å². The molecule has 1 unspecified atom stereocenters. The summed E-state index contributed by atoms with van der Waals surface area (Å²) in [4.78, 5) is 29.7. The van der Waals surface area contributed by atoms with Gasteiger partial charge in [-0.2, -0.15) is 0 Å². The third-order valence-corrected chi connectivity index (χ3v) is 3.91. The molecular weight excluding hydrogens is 278 g/mol. The number of carbonyl (C=O) groups excluding carboxylic acids is 1. The van der Waals surface area contributed by atoms with Gasteiger partial charge in [0.05, 0.1) is 6.10 Å². The van der Waals surface area contributed by atoms with Crippen molar-refractivity contribution in [2.24, 2.45) is 0 Å². The van der Waals surface area contributed by atoms with Crippen LogP contribution in [0.1, 0.15) is 35.0 Å². The molecule has 2 heterocycles. The lowest BCUT2D eigenvalue weighted by atomic mass is 10.2. The molecule has 0 fully saturated rings. The summed E-state index contributed by atoms with van der Waals surface area (Å²) in [5, 5.41) is 12.0. The molecule has 0 radical (unpaired) electrons. The van der Waals surface area contributed by atoms with E-state index in [0.29, 0.717) is 24.3 Å². The number of aliphatic hydroxyl groups is 1. The van der Waals surface area contributed by atoms with E-state index in [0.717, 1.165) is 4.88 Å². The fraction of sp³-hybridized carbons (Fsp3) is 0.462. The normalized spacial score (nSPS) is 12.6. The van der Waals surface area contributed by atoms with Gasteiger partial charge in [0.1, 0.15) is 5.56 Å². The van der Waals surface area contributed by atoms with Crippen LogP contribution in [0.5, 0.6) is 0 Å². The maximum atomic E-state index is 12.2. The van der Waals surface area contributed by atoms with Crippen molar-refractivity contribution in [3.63, 3.8) is 0 Å². The van der Waals surface area contributed by atoms with Gasteiger partial charge >= 0.3 is 0 Å². The van der Waals surface area contributed by atoms with Crippen LogP contribution < -0.4 is 10.9 Å². The summed E-state index contributed by atoms with van der Waals surface area (Å²) in [6.07, 6.45) is 3.65. The first-order chi connectivity index (χ1) is 9.52. The SMILES string of the molecule is CCC(O)CCNC(=O)c1cnc2sc(C)cn2c1=O. The number of rotatable bonds is 5. The Labute approximate surface area is 120 Å². The summed E-state index contributed by atoms with van der Waals surface area (Å²) in [7, 11) is 0. The minimum Gasteiger partial charge on any atom is -0.393 e. The number of carbonyl (C=O) groups is 1. The smallest absolute Gasteiger partial charge is 0.271 e. The molecule has 0 aliphatic carbocycles. The highest BCUT2D eigenvalue weighted by atomic mass is 32.1. The Morgan fingerprint density at radius 2 is 2.35 bits per heavy atom. The molecule has 0 aliphatic rings. The van der Waals surface area contributed by atoms with Gasteiger partial charge in [0.15, 0.2) is 4.96 Å². The minimum atomic E-state index is -0.455. The standard InChI is InChI=1S/C13H17N3O3S/c1-3-9(17)4-5-14-11(18)10-6-15-13-16(12(10)19)7-8(2)20-13/h6-7,9,17H,3-5H2,1-2H3,(H,14,18). The fourth-order valence-corrected chi connectivity index (χ4v) is 2.59. The number of aliphatic hydroxyl groups excluding tert-OH is 1. The average molecular weight is 295 g/mol. The Kier molecular flexibility index (Phi) is 4.51. The van der Waals surface area contributed by atoms with Crippen LogP contribution in [0.4, 0.5) is 0 Å². The van der Waals surface area contributed by atoms with E-state index in [1.807, 2.05) is 13.8 Å². The van der Waals surface area contributed by atoms with Gasteiger partial charge in [0.25, 0.3) is 11.5 Å². The van der Waals surface area contributed by atoms with E-state index in [-0.39, 0.29) is 11.1 Å². The Hall–Kier alpha value is -1.73. The number of amides is 1. The predicted octanol–water partition coefficient (Wildman–Crippen LogP) is 0.955. The Balaban J connectivity index is 2.14. The van der Waals surface area contributed by atoms with Crippen molar-refractivity contribution in [1.29, 1.82) is 0 Å². The second kappa shape index (κ2) is 6.15. The molecule has 2 aromatic heterocycles. The molecular formula is C13H17N3O3S. The van der Waals surface area contributed by atoms with Gasteiger partial charge in [0, 0.05) is 23.8 Å². The van der Waals surface area contributed by atoms with Crippen molar-refractivity contribution in [3.05, 3.63) is 33.2 Å². The monoisotopic (exact) mass is 295 g/mol. The molecule has 1 amide bonds. The lowest BCUT2D eigenvalue weighted by Crippen LogP contribution is -2.32. The van der Waals surface area contributed by atoms with E-state index in [9.17, 15) is 14.7 Å². The zero-order valence-electron chi connectivity index (χ0n) is 11.4.